The smallest absolute Gasteiger partial charge is 0.443 e. The molecule has 0 fully saturated rings. The standard InChI is InChI=1S/C5H11NO8S2/c1-6(2,3)5(4(7)8,15(9,10)11)16(12,13)14/h1-3H3,(H2-,7,8,9,10,11,12,13,14)/p+1. The Morgan fingerprint density at radius 1 is 1.00 bits per heavy atom. The molecule has 0 aromatic rings. The molecule has 0 unspecified atom stereocenters. The molecule has 16 heavy (non-hydrogen) atoms. The van der Waals surface area contributed by atoms with Crippen molar-refractivity contribution in [2.24, 2.45) is 0 Å². The molecule has 96 valence electrons. The fraction of sp³-hybridized carbons (Fsp3) is 0.800. The van der Waals surface area contributed by atoms with Crippen LogP contribution in [0, 0.1) is 0 Å². The van der Waals surface area contributed by atoms with Crippen LogP contribution < -0.4 is 0 Å². The molecule has 0 saturated carbocycles. The summed E-state index contributed by atoms with van der Waals surface area (Å²) in [7, 11) is -8.56. The number of nitrogens with zero attached hydrogens (tertiary/aromatic N) is 1. The number of hydrogen-bond donors (Lipinski definition) is 3. The first-order valence-electron chi connectivity index (χ1n) is 3.68. The first kappa shape index (κ1) is 15.2. The number of carbonyl (C=O) groups is 1. The van der Waals surface area contributed by atoms with Crippen molar-refractivity contribution in [3.8, 4) is 0 Å². The number of aliphatic carboxylic acids is 1. The summed E-state index contributed by atoms with van der Waals surface area (Å²) in [4.78, 5) is 10.9. The van der Waals surface area contributed by atoms with E-state index < -0.39 is 34.9 Å². The number of quaternary nitrogens is 1. The second-order valence-electron chi connectivity index (χ2n) is 3.85. The van der Waals surface area contributed by atoms with E-state index in [2.05, 4.69) is 0 Å². The maximum absolute atomic E-state index is 11.0. The van der Waals surface area contributed by atoms with Crippen LogP contribution in [0.4, 0.5) is 0 Å². The Labute approximate surface area is 92.4 Å². The summed E-state index contributed by atoms with van der Waals surface area (Å²) in [6.07, 6.45) is 0. The largest absolute Gasteiger partial charge is 0.475 e. The van der Waals surface area contributed by atoms with Gasteiger partial charge in [-0.05, 0) is 0 Å². The lowest BCUT2D eigenvalue weighted by Gasteiger charge is -2.36. The van der Waals surface area contributed by atoms with Crippen molar-refractivity contribution >= 4 is 26.2 Å². The quantitative estimate of drug-likeness (QED) is 0.403. The summed E-state index contributed by atoms with van der Waals surface area (Å²) in [6, 6.07) is 0. The average Bonchev–Trinajstić information content (AvgIpc) is 1.71. The van der Waals surface area contributed by atoms with Gasteiger partial charge in [-0.3, -0.25) is 13.6 Å². The van der Waals surface area contributed by atoms with Crippen LogP contribution in [-0.2, 0) is 25.0 Å². The molecule has 0 atom stereocenters. The van der Waals surface area contributed by atoms with Gasteiger partial charge in [-0.15, -0.1) is 0 Å². The number of carboxylic acids is 1. The van der Waals surface area contributed by atoms with Gasteiger partial charge in [-0.1, -0.05) is 0 Å². The minimum absolute atomic E-state index is 0.885. The highest BCUT2D eigenvalue weighted by atomic mass is 32.3. The molecule has 0 heterocycles. The Bertz CT molecular complexity index is 463. The molecule has 9 nitrogen and oxygen atoms in total. The zero-order valence-corrected chi connectivity index (χ0v) is 10.3. The van der Waals surface area contributed by atoms with Crippen LogP contribution in [0.2, 0.25) is 0 Å². The van der Waals surface area contributed by atoms with Gasteiger partial charge >= 0.3 is 30.4 Å². The molecule has 0 radical (unpaired) electrons. The highest BCUT2D eigenvalue weighted by Gasteiger charge is 2.72. The molecule has 0 aliphatic carbocycles. The van der Waals surface area contributed by atoms with E-state index in [-0.39, 0.29) is 0 Å². The van der Waals surface area contributed by atoms with Crippen LogP contribution >= 0.6 is 0 Å². The number of likely N-dealkylation sites (N-methyl/N-ethyl adjacent to an activating group) is 1. The van der Waals surface area contributed by atoms with Gasteiger partial charge < -0.3 is 5.11 Å². The second kappa shape index (κ2) is 3.63. The lowest BCUT2D eigenvalue weighted by atomic mass is 10.5. The summed E-state index contributed by atoms with van der Waals surface area (Å²) < 4.78 is 56.6. The SMILES string of the molecule is C[N+](C)(C)C(C(=O)O)(S(=O)(=O)O)S(=O)(=O)O. The van der Waals surface area contributed by atoms with E-state index in [0.717, 1.165) is 21.1 Å². The first-order chi connectivity index (χ1) is 6.69. The fourth-order valence-corrected chi connectivity index (χ4v) is 4.22. The molecule has 11 heteroatoms. The van der Waals surface area contributed by atoms with E-state index in [9.17, 15) is 21.6 Å². The maximum atomic E-state index is 11.0. The molecule has 0 saturated heterocycles. The van der Waals surface area contributed by atoms with Crippen molar-refractivity contribution in [1.82, 2.24) is 0 Å². The first-order valence-corrected chi connectivity index (χ1v) is 6.56. The zero-order valence-electron chi connectivity index (χ0n) is 8.65. The number of rotatable bonds is 4. The van der Waals surface area contributed by atoms with Gasteiger partial charge in [-0.2, -0.15) is 16.8 Å². The molecule has 0 aromatic heterocycles. The third kappa shape index (κ3) is 1.91. The van der Waals surface area contributed by atoms with Crippen molar-refractivity contribution in [3.63, 3.8) is 0 Å². The topological polar surface area (TPSA) is 146 Å². The summed E-state index contributed by atoms with van der Waals surface area (Å²) in [5.41, 5.74) is 0. The maximum Gasteiger partial charge on any atom is 0.443 e. The Kier molecular flexibility index (Phi) is 3.46. The van der Waals surface area contributed by atoms with E-state index in [1.54, 1.807) is 0 Å². The Morgan fingerprint density at radius 2 is 1.25 bits per heavy atom. The zero-order chi connectivity index (χ0) is 13.6. The van der Waals surface area contributed by atoms with Crippen molar-refractivity contribution in [2.45, 2.75) is 4.20 Å². The van der Waals surface area contributed by atoms with Crippen molar-refractivity contribution in [2.75, 3.05) is 21.1 Å². The molecule has 0 bridgehead atoms. The lowest BCUT2D eigenvalue weighted by molar-refractivity contribution is -0.884. The van der Waals surface area contributed by atoms with E-state index in [1.807, 2.05) is 0 Å². The molecule has 0 aliphatic rings. The van der Waals surface area contributed by atoms with E-state index >= 15 is 0 Å². The third-order valence-corrected chi connectivity index (χ3v) is 5.96. The van der Waals surface area contributed by atoms with E-state index in [4.69, 9.17) is 14.2 Å². The minimum atomic E-state index is -5.61. The van der Waals surface area contributed by atoms with Gasteiger partial charge in [0, 0.05) is 0 Å². The Hall–Kier alpha value is -0.750. The molecule has 0 rings (SSSR count). The molecule has 0 aliphatic heterocycles. The predicted octanol–water partition coefficient (Wildman–Crippen LogP) is -1.79. The molecule has 0 aromatic carbocycles. The molecule has 0 amide bonds. The Morgan fingerprint density at radius 3 is 1.25 bits per heavy atom. The summed E-state index contributed by atoms with van der Waals surface area (Å²) in [5.74, 6) is -2.40. The lowest BCUT2D eigenvalue weighted by Crippen LogP contribution is -2.70. The third-order valence-electron chi connectivity index (χ3n) is 1.85. The van der Waals surface area contributed by atoms with Crippen LogP contribution in [0.3, 0.4) is 0 Å². The van der Waals surface area contributed by atoms with Crippen LogP contribution in [0.1, 0.15) is 0 Å². The van der Waals surface area contributed by atoms with Crippen LogP contribution in [-0.4, -0.2) is 66.8 Å². The van der Waals surface area contributed by atoms with Gasteiger partial charge in [0.15, 0.2) is 0 Å². The van der Waals surface area contributed by atoms with Gasteiger partial charge in [0.25, 0.3) is 0 Å². The summed E-state index contributed by atoms with van der Waals surface area (Å²) in [6.45, 7) is 0. The van der Waals surface area contributed by atoms with Crippen LogP contribution in [0.5, 0.6) is 0 Å². The molecular formula is C5H12NO8S2+. The van der Waals surface area contributed by atoms with Gasteiger partial charge in [0.05, 0.1) is 21.1 Å². The fourth-order valence-electron chi connectivity index (χ4n) is 1.33. The van der Waals surface area contributed by atoms with Crippen molar-refractivity contribution in [3.05, 3.63) is 0 Å². The minimum Gasteiger partial charge on any atom is -0.475 e. The normalized spacial score (nSPS) is 14.8. The summed E-state index contributed by atoms with van der Waals surface area (Å²) >= 11 is 0. The van der Waals surface area contributed by atoms with E-state index in [1.165, 1.54) is 0 Å². The van der Waals surface area contributed by atoms with E-state index in [0.29, 0.717) is 0 Å². The highest BCUT2D eigenvalue weighted by Crippen LogP contribution is 2.31. The average molecular weight is 278 g/mol. The molecule has 0 spiro atoms. The molecule has 3 N–H and O–H groups in total. The highest BCUT2D eigenvalue weighted by molar-refractivity contribution is 8.06. The predicted molar refractivity (Wildman–Crippen MR) is 51.5 cm³/mol. The van der Waals surface area contributed by atoms with Crippen molar-refractivity contribution in [1.29, 1.82) is 0 Å². The van der Waals surface area contributed by atoms with Crippen LogP contribution in [0.25, 0.3) is 0 Å². The van der Waals surface area contributed by atoms with Crippen molar-refractivity contribution < 1.29 is 40.3 Å². The summed E-state index contributed by atoms with van der Waals surface area (Å²) in [5, 5.41) is 8.74. The van der Waals surface area contributed by atoms with Gasteiger partial charge in [0.1, 0.15) is 0 Å². The second-order valence-corrected chi connectivity index (χ2v) is 7.19. The molecular weight excluding hydrogens is 266 g/mol. The Balaban J connectivity index is 6.68. The van der Waals surface area contributed by atoms with Crippen LogP contribution in [0.15, 0.2) is 0 Å². The van der Waals surface area contributed by atoms with Gasteiger partial charge in [0.2, 0.25) is 0 Å². The monoisotopic (exact) mass is 278 g/mol. The van der Waals surface area contributed by atoms with Gasteiger partial charge in [-0.25, -0.2) is 4.79 Å². The number of hydrogen-bond acceptors (Lipinski definition) is 5. The number of carboxylic acid groups (broad SMARTS) is 1.